The molecule has 0 atom stereocenters. The third-order valence-corrected chi connectivity index (χ3v) is 3.78. The number of benzene rings is 2. The van der Waals surface area contributed by atoms with Gasteiger partial charge in [0.1, 0.15) is 5.75 Å². The van der Waals surface area contributed by atoms with Gasteiger partial charge in [-0.3, -0.25) is 0 Å². The Morgan fingerprint density at radius 1 is 1.05 bits per heavy atom. The van der Waals surface area contributed by atoms with E-state index in [1.807, 2.05) is 0 Å². The normalized spacial score (nSPS) is 11.4. The van der Waals surface area contributed by atoms with Crippen LogP contribution < -0.4 is 4.74 Å². The van der Waals surface area contributed by atoms with Gasteiger partial charge < -0.3 is 4.74 Å². The first-order chi connectivity index (χ1) is 9.27. The standard InChI is InChI=1S/C13H9ClF2O3S/c1-20(17,18)10-6-11(15)13(12(16)7-10)19-9-4-2-8(14)3-5-9/h2-7H,1H3. The summed E-state index contributed by atoms with van der Waals surface area (Å²) < 4.78 is 55.1. The molecular formula is C13H9ClF2O3S. The van der Waals surface area contributed by atoms with Crippen LogP contribution in [-0.4, -0.2) is 14.7 Å². The molecule has 0 unspecified atom stereocenters. The number of halogens is 3. The molecule has 0 radical (unpaired) electrons. The maximum absolute atomic E-state index is 13.8. The van der Waals surface area contributed by atoms with Gasteiger partial charge in [0, 0.05) is 11.3 Å². The Morgan fingerprint density at radius 3 is 2.00 bits per heavy atom. The lowest BCUT2D eigenvalue weighted by Crippen LogP contribution is -2.01. The van der Waals surface area contributed by atoms with Crippen LogP contribution in [0.5, 0.6) is 11.5 Å². The fourth-order valence-corrected chi connectivity index (χ4v) is 2.23. The molecule has 0 N–H and O–H groups in total. The highest BCUT2D eigenvalue weighted by atomic mass is 35.5. The molecule has 0 heterocycles. The minimum atomic E-state index is -3.70. The van der Waals surface area contributed by atoms with Crippen LogP contribution in [0.2, 0.25) is 5.02 Å². The highest BCUT2D eigenvalue weighted by molar-refractivity contribution is 7.90. The second kappa shape index (κ2) is 5.38. The van der Waals surface area contributed by atoms with Gasteiger partial charge in [-0.25, -0.2) is 17.2 Å². The van der Waals surface area contributed by atoms with Gasteiger partial charge in [0.15, 0.2) is 27.2 Å². The quantitative estimate of drug-likeness (QED) is 0.864. The van der Waals surface area contributed by atoms with Crippen LogP contribution in [0.3, 0.4) is 0 Å². The van der Waals surface area contributed by atoms with Crippen LogP contribution in [0.1, 0.15) is 0 Å². The Morgan fingerprint density at radius 2 is 1.55 bits per heavy atom. The molecule has 2 aromatic rings. The van der Waals surface area contributed by atoms with E-state index in [1.54, 1.807) is 0 Å². The van der Waals surface area contributed by atoms with E-state index in [0.717, 1.165) is 6.26 Å². The van der Waals surface area contributed by atoms with Crippen molar-refractivity contribution < 1.29 is 21.9 Å². The summed E-state index contributed by atoms with van der Waals surface area (Å²) in [5.41, 5.74) is 0. The van der Waals surface area contributed by atoms with E-state index in [-0.39, 0.29) is 5.75 Å². The van der Waals surface area contributed by atoms with Crippen molar-refractivity contribution in [2.45, 2.75) is 4.90 Å². The molecular weight excluding hydrogens is 310 g/mol. The molecule has 106 valence electrons. The largest absolute Gasteiger partial charge is 0.451 e. The summed E-state index contributed by atoms with van der Waals surface area (Å²) in [6.07, 6.45) is 0.862. The molecule has 0 aromatic heterocycles. The van der Waals surface area contributed by atoms with E-state index in [0.29, 0.717) is 17.2 Å². The van der Waals surface area contributed by atoms with Crippen molar-refractivity contribution >= 4 is 21.4 Å². The average molecular weight is 319 g/mol. The molecule has 0 fully saturated rings. The zero-order valence-electron chi connectivity index (χ0n) is 10.2. The first kappa shape index (κ1) is 14.7. The number of ether oxygens (including phenoxy) is 1. The lowest BCUT2D eigenvalue weighted by atomic mass is 10.3. The molecule has 20 heavy (non-hydrogen) atoms. The lowest BCUT2D eigenvalue weighted by Gasteiger charge is -2.09. The number of rotatable bonds is 3. The fraction of sp³-hybridized carbons (Fsp3) is 0.0769. The van der Waals surface area contributed by atoms with E-state index < -0.39 is 32.1 Å². The summed E-state index contributed by atoms with van der Waals surface area (Å²) in [5, 5.41) is 0.450. The van der Waals surface area contributed by atoms with Crippen LogP contribution in [-0.2, 0) is 9.84 Å². The molecule has 3 nitrogen and oxygen atoms in total. The fourth-order valence-electron chi connectivity index (χ4n) is 1.47. The van der Waals surface area contributed by atoms with Gasteiger partial charge in [0.2, 0.25) is 0 Å². The Kier molecular flexibility index (Phi) is 3.96. The summed E-state index contributed by atoms with van der Waals surface area (Å²) in [6, 6.07) is 7.29. The SMILES string of the molecule is CS(=O)(=O)c1cc(F)c(Oc2ccc(Cl)cc2)c(F)c1. The summed E-state index contributed by atoms with van der Waals surface area (Å²) in [6.45, 7) is 0. The van der Waals surface area contributed by atoms with E-state index >= 15 is 0 Å². The highest BCUT2D eigenvalue weighted by Crippen LogP contribution is 2.30. The molecule has 0 aliphatic carbocycles. The summed E-state index contributed by atoms with van der Waals surface area (Å²) >= 11 is 5.68. The highest BCUT2D eigenvalue weighted by Gasteiger charge is 2.18. The van der Waals surface area contributed by atoms with Crippen molar-refractivity contribution in [1.29, 1.82) is 0 Å². The molecule has 0 amide bonds. The van der Waals surface area contributed by atoms with Gasteiger partial charge in [0.05, 0.1) is 4.90 Å². The van der Waals surface area contributed by atoms with Gasteiger partial charge in [-0.1, -0.05) is 11.6 Å². The average Bonchev–Trinajstić information content (AvgIpc) is 2.34. The van der Waals surface area contributed by atoms with Crippen LogP contribution in [0, 0.1) is 11.6 Å². The van der Waals surface area contributed by atoms with Crippen LogP contribution in [0.15, 0.2) is 41.3 Å². The Labute approximate surface area is 119 Å². The van der Waals surface area contributed by atoms with Crippen molar-refractivity contribution in [3.63, 3.8) is 0 Å². The molecule has 0 saturated heterocycles. The lowest BCUT2D eigenvalue weighted by molar-refractivity contribution is 0.405. The molecule has 2 aromatic carbocycles. The number of sulfone groups is 1. The van der Waals surface area contributed by atoms with E-state index in [1.165, 1.54) is 24.3 Å². The monoisotopic (exact) mass is 318 g/mol. The second-order valence-electron chi connectivity index (χ2n) is 4.04. The Bertz CT molecular complexity index is 720. The molecule has 0 aliphatic heterocycles. The minimum Gasteiger partial charge on any atom is -0.451 e. The Balaban J connectivity index is 2.41. The Hall–Kier alpha value is -1.66. The van der Waals surface area contributed by atoms with E-state index in [9.17, 15) is 17.2 Å². The zero-order chi connectivity index (χ0) is 14.9. The molecule has 0 aliphatic rings. The molecule has 0 saturated carbocycles. The van der Waals surface area contributed by atoms with Crippen LogP contribution >= 0.6 is 11.6 Å². The first-order valence-electron chi connectivity index (χ1n) is 5.40. The van der Waals surface area contributed by atoms with Gasteiger partial charge >= 0.3 is 0 Å². The van der Waals surface area contributed by atoms with E-state index in [2.05, 4.69) is 0 Å². The van der Waals surface area contributed by atoms with Gasteiger partial charge in [-0.2, -0.15) is 0 Å². The van der Waals surface area contributed by atoms with E-state index in [4.69, 9.17) is 16.3 Å². The smallest absolute Gasteiger partial charge is 0.198 e. The predicted molar refractivity (Wildman–Crippen MR) is 71.0 cm³/mol. The van der Waals surface area contributed by atoms with Gasteiger partial charge in [-0.05, 0) is 36.4 Å². The van der Waals surface area contributed by atoms with Crippen molar-refractivity contribution in [3.05, 3.63) is 53.1 Å². The summed E-state index contributed by atoms with van der Waals surface area (Å²) in [7, 11) is -3.70. The topological polar surface area (TPSA) is 43.4 Å². The van der Waals surface area contributed by atoms with Crippen molar-refractivity contribution in [1.82, 2.24) is 0 Å². The third-order valence-electron chi connectivity index (χ3n) is 2.43. The van der Waals surface area contributed by atoms with Crippen molar-refractivity contribution in [2.24, 2.45) is 0 Å². The third kappa shape index (κ3) is 3.26. The minimum absolute atomic E-state index is 0.180. The number of hydrogen-bond donors (Lipinski definition) is 0. The zero-order valence-corrected chi connectivity index (χ0v) is 11.8. The number of hydrogen-bond acceptors (Lipinski definition) is 3. The maximum atomic E-state index is 13.8. The van der Waals surface area contributed by atoms with Crippen molar-refractivity contribution in [3.8, 4) is 11.5 Å². The summed E-state index contributed by atoms with van der Waals surface area (Å²) in [4.78, 5) is -0.448. The molecule has 0 bridgehead atoms. The van der Waals surface area contributed by atoms with Crippen LogP contribution in [0.4, 0.5) is 8.78 Å². The van der Waals surface area contributed by atoms with Crippen LogP contribution in [0.25, 0.3) is 0 Å². The first-order valence-corrected chi connectivity index (χ1v) is 7.67. The van der Waals surface area contributed by atoms with Crippen molar-refractivity contribution in [2.75, 3.05) is 6.26 Å². The van der Waals surface area contributed by atoms with Gasteiger partial charge in [0.25, 0.3) is 0 Å². The molecule has 2 rings (SSSR count). The molecule has 0 spiro atoms. The summed E-state index contributed by atoms with van der Waals surface area (Å²) in [5.74, 6) is -2.68. The predicted octanol–water partition coefficient (Wildman–Crippen LogP) is 3.81. The second-order valence-corrected chi connectivity index (χ2v) is 6.50. The molecule has 7 heteroatoms. The maximum Gasteiger partial charge on any atom is 0.198 e. The van der Waals surface area contributed by atoms with Gasteiger partial charge in [-0.15, -0.1) is 0 Å².